The number of anilines is 2. The molecule has 2 aromatic carbocycles. The molecule has 0 aliphatic heterocycles. The molecule has 144 valence electrons. The van der Waals surface area contributed by atoms with Crippen LogP contribution in [0.15, 0.2) is 51.8 Å². The van der Waals surface area contributed by atoms with Crippen LogP contribution in [-0.4, -0.2) is 38.1 Å². The first-order valence-corrected chi connectivity index (χ1v) is 10.2. The Kier molecular flexibility index (Phi) is 6.74. The lowest BCUT2D eigenvalue weighted by Crippen LogP contribution is -2.35. The van der Waals surface area contributed by atoms with Gasteiger partial charge in [0.15, 0.2) is 0 Å². The number of aryl methyl sites for hydroxylation is 1. The third kappa shape index (κ3) is 5.62. The average molecular weight is 454 g/mol. The first-order chi connectivity index (χ1) is 12.6. The minimum atomic E-state index is -3.83. The summed E-state index contributed by atoms with van der Waals surface area (Å²) < 4.78 is 27.1. The monoisotopic (exact) mass is 453 g/mol. The molecule has 0 radical (unpaired) electrons. The van der Waals surface area contributed by atoms with Gasteiger partial charge in [0.1, 0.15) is 0 Å². The molecule has 0 atom stereocenters. The number of benzene rings is 2. The Morgan fingerprint density at radius 2 is 1.63 bits per heavy atom. The lowest BCUT2D eigenvalue weighted by atomic mass is 10.2. The van der Waals surface area contributed by atoms with E-state index in [9.17, 15) is 18.0 Å². The van der Waals surface area contributed by atoms with Crippen molar-refractivity contribution < 1.29 is 18.0 Å². The van der Waals surface area contributed by atoms with Gasteiger partial charge in [0.05, 0.1) is 11.4 Å². The van der Waals surface area contributed by atoms with Gasteiger partial charge in [-0.3, -0.25) is 9.59 Å². The molecular formula is C18H20BrN3O4S. The van der Waals surface area contributed by atoms with Gasteiger partial charge < -0.3 is 10.6 Å². The Bertz CT molecular complexity index is 959. The molecule has 2 rings (SSSR count). The van der Waals surface area contributed by atoms with Gasteiger partial charge in [-0.2, -0.15) is 4.31 Å². The van der Waals surface area contributed by atoms with Crippen molar-refractivity contribution in [3.05, 3.63) is 52.5 Å². The minimum Gasteiger partial charge on any atom is -0.326 e. The van der Waals surface area contributed by atoms with Crippen LogP contribution in [0, 0.1) is 6.92 Å². The van der Waals surface area contributed by atoms with Gasteiger partial charge in [-0.1, -0.05) is 15.9 Å². The van der Waals surface area contributed by atoms with Crippen molar-refractivity contribution in [2.45, 2.75) is 18.7 Å². The van der Waals surface area contributed by atoms with E-state index in [-0.39, 0.29) is 17.3 Å². The van der Waals surface area contributed by atoms with Crippen molar-refractivity contribution in [1.29, 1.82) is 0 Å². The normalized spacial score (nSPS) is 11.3. The van der Waals surface area contributed by atoms with Crippen LogP contribution in [0.25, 0.3) is 0 Å². The standard InChI is InChI=1S/C18H20BrN3O4S/c1-12-10-15(6-9-17(12)19)21-18(24)11-22(3)27(25,26)16-7-4-14(5-8-16)20-13(2)23/h4-10H,11H2,1-3H3,(H,20,23)(H,21,24). The highest BCUT2D eigenvalue weighted by molar-refractivity contribution is 9.10. The maximum atomic E-state index is 12.6. The number of carbonyl (C=O) groups excluding carboxylic acids is 2. The predicted molar refractivity (Wildman–Crippen MR) is 108 cm³/mol. The molecule has 2 amide bonds. The van der Waals surface area contributed by atoms with Gasteiger partial charge in [0.2, 0.25) is 21.8 Å². The molecule has 0 aliphatic rings. The molecule has 0 fully saturated rings. The summed E-state index contributed by atoms with van der Waals surface area (Å²) in [6.45, 7) is 2.93. The van der Waals surface area contributed by atoms with Crippen LogP contribution in [0.4, 0.5) is 11.4 Å². The fourth-order valence-electron chi connectivity index (χ4n) is 2.30. The molecule has 9 heteroatoms. The largest absolute Gasteiger partial charge is 0.326 e. The molecule has 2 N–H and O–H groups in total. The number of rotatable bonds is 6. The van der Waals surface area contributed by atoms with Crippen LogP contribution in [-0.2, 0) is 19.6 Å². The molecule has 0 saturated carbocycles. The van der Waals surface area contributed by atoms with Crippen molar-refractivity contribution in [2.75, 3.05) is 24.2 Å². The topological polar surface area (TPSA) is 95.6 Å². The maximum Gasteiger partial charge on any atom is 0.243 e. The quantitative estimate of drug-likeness (QED) is 0.702. The Balaban J connectivity index is 2.06. The number of halogens is 1. The average Bonchev–Trinajstić information content (AvgIpc) is 2.58. The fourth-order valence-corrected chi connectivity index (χ4v) is 3.68. The van der Waals surface area contributed by atoms with Crippen molar-refractivity contribution in [1.82, 2.24) is 4.31 Å². The van der Waals surface area contributed by atoms with Gasteiger partial charge in [0, 0.05) is 29.8 Å². The van der Waals surface area contributed by atoms with Crippen molar-refractivity contribution in [3.8, 4) is 0 Å². The summed E-state index contributed by atoms with van der Waals surface area (Å²) in [7, 11) is -2.50. The maximum absolute atomic E-state index is 12.6. The molecule has 0 spiro atoms. The number of likely N-dealkylation sites (N-methyl/N-ethyl adjacent to an activating group) is 1. The number of nitrogens with zero attached hydrogens (tertiary/aromatic N) is 1. The van der Waals surface area contributed by atoms with Gasteiger partial charge in [-0.05, 0) is 55.0 Å². The van der Waals surface area contributed by atoms with E-state index in [0.717, 1.165) is 14.3 Å². The predicted octanol–water partition coefficient (Wildman–Crippen LogP) is 2.98. The summed E-state index contributed by atoms with van der Waals surface area (Å²) in [6.07, 6.45) is 0. The first kappa shape index (κ1) is 21.1. The smallest absolute Gasteiger partial charge is 0.243 e. The van der Waals surface area contributed by atoms with E-state index in [1.807, 2.05) is 13.0 Å². The third-order valence-corrected chi connectivity index (χ3v) is 6.40. The summed E-state index contributed by atoms with van der Waals surface area (Å²) in [4.78, 5) is 23.3. The highest BCUT2D eigenvalue weighted by Crippen LogP contribution is 2.21. The van der Waals surface area contributed by atoms with E-state index in [0.29, 0.717) is 11.4 Å². The Labute approximate surface area is 166 Å². The number of hydrogen-bond acceptors (Lipinski definition) is 4. The van der Waals surface area contributed by atoms with Crippen LogP contribution in [0.3, 0.4) is 0 Å². The van der Waals surface area contributed by atoms with E-state index in [1.54, 1.807) is 12.1 Å². The summed E-state index contributed by atoms with van der Waals surface area (Å²) >= 11 is 3.38. The number of hydrogen-bond donors (Lipinski definition) is 2. The fraction of sp³-hybridized carbons (Fsp3) is 0.222. The zero-order chi connectivity index (χ0) is 20.2. The second kappa shape index (κ2) is 8.64. The van der Waals surface area contributed by atoms with Gasteiger partial charge >= 0.3 is 0 Å². The molecule has 0 saturated heterocycles. The highest BCUT2D eigenvalue weighted by atomic mass is 79.9. The minimum absolute atomic E-state index is 0.0337. The second-order valence-corrected chi connectivity index (χ2v) is 8.88. The van der Waals surface area contributed by atoms with Crippen LogP contribution >= 0.6 is 15.9 Å². The molecule has 0 aromatic heterocycles. The first-order valence-electron chi connectivity index (χ1n) is 7.99. The molecule has 2 aromatic rings. The summed E-state index contributed by atoms with van der Waals surface area (Å²) in [5.41, 5.74) is 2.03. The van der Waals surface area contributed by atoms with Crippen LogP contribution in [0.5, 0.6) is 0 Å². The molecular weight excluding hydrogens is 434 g/mol. The summed E-state index contributed by atoms with van der Waals surface area (Å²) in [5, 5.41) is 5.25. The van der Waals surface area contributed by atoms with Gasteiger partial charge in [0.25, 0.3) is 0 Å². The van der Waals surface area contributed by atoms with E-state index < -0.39 is 15.9 Å². The SMILES string of the molecule is CC(=O)Nc1ccc(S(=O)(=O)N(C)CC(=O)Nc2ccc(Br)c(C)c2)cc1. The van der Waals surface area contributed by atoms with Crippen molar-refractivity contribution >= 4 is 49.1 Å². The van der Waals surface area contributed by atoms with E-state index in [4.69, 9.17) is 0 Å². The lowest BCUT2D eigenvalue weighted by molar-refractivity contribution is -0.116. The molecule has 0 heterocycles. The number of nitrogens with one attached hydrogen (secondary N) is 2. The van der Waals surface area contributed by atoms with Gasteiger partial charge in [-0.15, -0.1) is 0 Å². The summed E-state index contributed by atoms with van der Waals surface area (Å²) in [5.74, 6) is -0.694. The Hall–Kier alpha value is -2.23. The van der Waals surface area contributed by atoms with Gasteiger partial charge in [-0.25, -0.2) is 8.42 Å². The zero-order valence-corrected chi connectivity index (χ0v) is 17.5. The number of amides is 2. The van der Waals surface area contributed by atoms with Crippen LogP contribution < -0.4 is 10.6 Å². The van der Waals surface area contributed by atoms with E-state index in [1.165, 1.54) is 38.2 Å². The molecule has 0 aliphatic carbocycles. The molecule has 0 unspecified atom stereocenters. The zero-order valence-electron chi connectivity index (χ0n) is 15.1. The van der Waals surface area contributed by atoms with Crippen LogP contribution in [0.1, 0.15) is 12.5 Å². The van der Waals surface area contributed by atoms with Crippen molar-refractivity contribution in [3.63, 3.8) is 0 Å². The van der Waals surface area contributed by atoms with E-state index >= 15 is 0 Å². The molecule has 7 nitrogen and oxygen atoms in total. The number of carbonyl (C=O) groups is 2. The second-order valence-electron chi connectivity index (χ2n) is 5.98. The Morgan fingerprint density at radius 3 is 2.19 bits per heavy atom. The Morgan fingerprint density at radius 1 is 1.04 bits per heavy atom. The molecule has 0 bridgehead atoms. The molecule has 27 heavy (non-hydrogen) atoms. The third-order valence-electron chi connectivity index (χ3n) is 3.69. The lowest BCUT2D eigenvalue weighted by Gasteiger charge is -2.17. The number of sulfonamides is 1. The summed E-state index contributed by atoms with van der Waals surface area (Å²) in [6, 6.07) is 11.1. The van der Waals surface area contributed by atoms with E-state index in [2.05, 4.69) is 26.6 Å². The highest BCUT2D eigenvalue weighted by Gasteiger charge is 2.23. The van der Waals surface area contributed by atoms with Crippen molar-refractivity contribution in [2.24, 2.45) is 0 Å². The van der Waals surface area contributed by atoms with Crippen LogP contribution in [0.2, 0.25) is 0 Å².